The van der Waals surface area contributed by atoms with Crippen molar-refractivity contribution in [3.05, 3.63) is 34.1 Å². The predicted octanol–water partition coefficient (Wildman–Crippen LogP) is 4.33. The third kappa shape index (κ3) is 5.84. The van der Waals surface area contributed by atoms with Crippen molar-refractivity contribution in [1.29, 1.82) is 0 Å². The summed E-state index contributed by atoms with van der Waals surface area (Å²) in [7, 11) is 0. The summed E-state index contributed by atoms with van der Waals surface area (Å²) in [6.07, 6.45) is 1.00. The molecule has 0 saturated carbocycles. The fourth-order valence-corrected chi connectivity index (χ4v) is 2.51. The van der Waals surface area contributed by atoms with Crippen LogP contribution in [0.5, 0.6) is 0 Å². The molecule has 0 aromatic heterocycles. The standard InChI is InChI=1S/C13H18BrClFN/c1-9(2)5-11(15)8-17-7-10-3-4-13(16)12(14)6-10/h3-4,6,9,11,17H,5,7-8H2,1-2H3. The first-order valence-corrected chi connectivity index (χ1v) is 7.00. The molecule has 1 unspecified atom stereocenters. The van der Waals surface area contributed by atoms with Crippen molar-refractivity contribution in [2.75, 3.05) is 6.54 Å². The molecule has 0 aliphatic heterocycles. The highest BCUT2D eigenvalue weighted by atomic mass is 79.9. The van der Waals surface area contributed by atoms with Gasteiger partial charge in [0.15, 0.2) is 0 Å². The minimum absolute atomic E-state index is 0.152. The quantitative estimate of drug-likeness (QED) is 0.769. The Kier molecular flexibility index (Phi) is 6.45. The molecule has 1 aromatic rings. The van der Waals surface area contributed by atoms with Crippen molar-refractivity contribution in [3.63, 3.8) is 0 Å². The normalized spacial score (nSPS) is 13.1. The lowest BCUT2D eigenvalue weighted by Gasteiger charge is -2.13. The molecule has 0 saturated heterocycles. The molecule has 0 radical (unpaired) electrons. The van der Waals surface area contributed by atoms with Gasteiger partial charge < -0.3 is 5.32 Å². The van der Waals surface area contributed by atoms with Crippen LogP contribution in [-0.4, -0.2) is 11.9 Å². The highest BCUT2D eigenvalue weighted by molar-refractivity contribution is 9.10. The highest BCUT2D eigenvalue weighted by Crippen LogP contribution is 2.17. The molecule has 1 rings (SSSR count). The lowest BCUT2D eigenvalue weighted by molar-refractivity contribution is 0.533. The highest BCUT2D eigenvalue weighted by Gasteiger charge is 2.07. The summed E-state index contributed by atoms with van der Waals surface area (Å²) in [5.74, 6) is 0.378. The topological polar surface area (TPSA) is 12.0 Å². The monoisotopic (exact) mass is 321 g/mol. The second kappa shape index (κ2) is 7.34. The summed E-state index contributed by atoms with van der Waals surface area (Å²) >= 11 is 9.34. The van der Waals surface area contributed by atoms with Gasteiger partial charge in [-0.3, -0.25) is 0 Å². The number of benzene rings is 1. The van der Waals surface area contributed by atoms with Gasteiger partial charge in [0.25, 0.3) is 0 Å². The van der Waals surface area contributed by atoms with Crippen molar-refractivity contribution in [1.82, 2.24) is 5.32 Å². The van der Waals surface area contributed by atoms with Crippen LogP contribution in [0.15, 0.2) is 22.7 Å². The van der Waals surface area contributed by atoms with Gasteiger partial charge in [0.05, 0.1) is 4.47 Å². The molecular weight excluding hydrogens is 305 g/mol. The number of hydrogen-bond acceptors (Lipinski definition) is 1. The van der Waals surface area contributed by atoms with E-state index in [2.05, 4.69) is 35.1 Å². The van der Waals surface area contributed by atoms with Crippen LogP contribution in [-0.2, 0) is 6.54 Å². The van der Waals surface area contributed by atoms with Gasteiger partial charge in [-0.2, -0.15) is 0 Å². The molecule has 1 atom stereocenters. The zero-order chi connectivity index (χ0) is 12.8. The number of hydrogen-bond donors (Lipinski definition) is 1. The molecule has 0 amide bonds. The van der Waals surface area contributed by atoms with Crippen LogP contribution in [0, 0.1) is 11.7 Å². The summed E-state index contributed by atoms with van der Waals surface area (Å²) in [6.45, 7) is 5.80. The minimum atomic E-state index is -0.233. The molecule has 1 nitrogen and oxygen atoms in total. The van der Waals surface area contributed by atoms with Crippen LogP contribution in [0.25, 0.3) is 0 Å². The Hall–Kier alpha value is -0.120. The van der Waals surface area contributed by atoms with Gasteiger partial charge in [0, 0.05) is 18.5 Å². The van der Waals surface area contributed by atoms with Crippen LogP contribution in [0.3, 0.4) is 0 Å². The van der Waals surface area contributed by atoms with Crippen LogP contribution < -0.4 is 5.32 Å². The van der Waals surface area contributed by atoms with Crippen LogP contribution in [0.1, 0.15) is 25.8 Å². The van der Waals surface area contributed by atoms with E-state index in [4.69, 9.17) is 11.6 Å². The number of alkyl halides is 1. The van der Waals surface area contributed by atoms with Gasteiger partial charge in [-0.15, -0.1) is 11.6 Å². The number of rotatable bonds is 6. The molecule has 0 spiro atoms. The van der Waals surface area contributed by atoms with E-state index in [1.54, 1.807) is 12.1 Å². The third-order valence-corrected chi connectivity index (χ3v) is 3.35. The Morgan fingerprint density at radius 3 is 2.71 bits per heavy atom. The van der Waals surface area contributed by atoms with Crippen molar-refractivity contribution >= 4 is 27.5 Å². The van der Waals surface area contributed by atoms with Crippen LogP contribution in [0.2, 0.25) is 0 Å². The molecule has 1 N–H and O–H groups in total. The molecule has 0 heterocycles. The maximum absolute atomic E-state index is 13.0. The van der Waals surface area contributed by atoms with Crippen LogP contribution in [0.4, 0.5) is 4.39 Å². The van der Waals surface area contributed by atoms with E-state index in [-0.39, 0.29) is 11.2 Å². The van der Waals surface area contributed by atoms with E-state index in [0.29, 0.717) is 16.9 Å². The maximum Gasteiger partial charge on any atom is 0.137 e. The van der Waals surface area contributed by atoms with E-state index in [0.717, 1.165) is 18.5 Å². The first kappa shape index (κ1) is 14.9. The fraction of sp³-hybridized carbons (Fsp3) is 0.538. The SMILES string of the molecule is CC(C)CC(Cl)CNCc1ccc(F)c(Br)c1. The minimum Gasteiger partial charge on any atom is -0.311 e. The molecule has 0 fully saturated rings. The maximum atomic E-state index is 13.0. The van der Waals surface area contributed by atoms with Crippen molar-refractivity contribution in [2.45, 2.75) is 32.2 Å². The molecule has 0 aliphatic carbocycles. The first-order valence-electron chi connectivity index (χ1n) is 5.77. The summed E-state index contributed by atoms with van der Waals surface area (Å²) in [6, 6.07) is 5.03. The third-order valence-electron chi connectivity index (χ3n) is 2.41. The molecule has 0 aliphatic rings. The lowest BCUT2D eigenvalue weighted by Crippen LogP contribution is -2.23. The van der Waals surface area contributed by atoms with E-state index >= 15 is 0 Å². The van der Waals surface area contributed by atoms with Gasteiger partial charge >= 0.3 is 0 Å². The van der Waals surface area contributed by atoms with Gasteiger partial charge in [0.1, 0.15) is 5.82 Å². The molecule has 1 aromatic carbocycles. The summed E-state index contributed by atoms with van der Waals surface area (Å²) < 4.78 is 13.5. The zero-order valence-electron chi connectivity index (χ0n) is 10.1. The second-order valence-electron chi connectivity index (χ2n) is 4.61. The zero-order valence-corrected chi connectivity index (χ0v) is 12.5. The number of halogens is 3. The van der Waals surface area contributed by atoms with Crippen LogP contribution >= 0.6 is 27.5 Å². The van der Waals surface area contributed by atoms with Gasteiger partial charge in [-0.05, 0) is 46.0 Å². The smallest absolute Gasteiger partial charge is 0.137 e. The summed E-state index contributed by atoms with van der Waals surface area (Å²) in [4.78, 5) is 0. The average Bonchev–Trinajstić information content (AvgIpc) is 2.22. The average molecular weight is 323 g/mol. The van der Waals surface area contributed by atoms with Gasteiger partial charge in [0.2, 0.25) is 0 Å². The predicted molar refractivity (Wildman–Crippen MR) is 74.9 cm³/mol. The van der Waals surface area contributed by atoms with E-state index in [9.17, 15) is 4.39 Å². The Bertz CT molecular complexity index is 357. The second-order valence-corrected chi connectivity index (χ2v) is 6.08. The van der Waals surface area contributed by atoms with E-state index in [1.165, 1.54) is 6.07 Å². The summed E-state index contributed by atoms with van der Waals surface area (Å²) in [5.41, 5.74) is 1.05. The molecular formula is C13H18BrClFN. The van der Waals surface area contributed by atoms with Crippen molar-refractivity contribution in [2.24, 2.45) is 5.92 Å². The first-order chi connectivity index (χ1) is 7.99. The fourth-order valence-electron chi connectivity index (χ4n) is 1.62. The van der Waals surface area contributed by atoms with Gasteiger partial charge in [-0.1, -0.05) is 19.9 Å². The molecule has 96 valence electrons. The number of nitrogens with one attached hydrogen (secondary N) is 1. The Balaban J connectivity index is 2.33. The summed E-state index contributed by atoms with van der Waals surface area (Å²) in [5, 5.41) is 3.43. The van der Waals surface area contributed by atoms with E-state index in [1.807, 2.05) is 0 Å². The Morgan fingerprint density at radius 2 is 2.12 bits per heavy atom. The van der Waals surface area contributed by atoms with E-state index < -0.39 is 0 Å². The Morgan fingerprint density at radius 1 is 1.41 bits per heavy atom. The van der Waals surface area contributed by atoms with Crippen molar-refractivity contribution in [3.8, 4) is 0 Å². The Labute approximate surface area is 116 Å². The van der Waals surface area contributed by atoms with Gasteiger partial charge in [-0.25, -0.2) is 4.39 Å². The molecule has 4 heteroatoms. The van der Waals surface area contributed by atoms with Crippen molar-refractivity contribution < 1.29 is 4.39 Å². The molecule has 17 heavy (non-hydrogen) atoms. The lowest BCUT2D eigenvalue weighted by atomic mass is 10.1. The largest absolute Gasteiger partial charge is 0.311 e. The molecule has 0 bridgehead atoms.